The van der Waals surface area contributed by atoms with Crippen LogP contribution in [0.15, 0.2) is 72.1 Å². The summed E-state index contributed by atoms with van der Waals surface area (Å²) in [7, 11) is 0. The summed E-state index contributed by atoms with van der Waals surface area (Å²) in [6, 6.07) is 20.5. The number of allylic oxidation sites excluding steroid dienone is 7. The Hall–Kier alpha value is -6.72. The number of alkyl halides is 4. The molecule has 0 N–H and O–H groups in total. The number of nitrogens with zero attached hydrogens (tertiary/aromatic N) is 6. The van der Waals surface area contributed by atoms with E-state index in [0.717, 1.165) is 0 Å². The molecule has 6 nitrogen and oxygen atoms in total. The van der Waals surface area contributed by atoms with Gasteiger partial charge in [-0.15, -0.1) is 0 Å². The Morgan fingerprint density at radius 2 is 1.05 bits per heavy atom. The van der Waals surface area contributed by atoms with Gasteiger partial charge in [-0.05, 0) is 44.5 Å². The van der Waals surface area contributed by atoms with Crippen LogP contribution >= 0.6 is 0 Å². The third-order valence-corrected chi connectivity index (χ3v) is 7.24. The molecule has 0 saturated heterocycles. The minimum absolute atomic E-state index is 0.169. The van der Waals surface area contributed by atoms with Crippen LogP contribution in [-0.4, -0.2) is 0 Å². The average molecular weight is 581 g/mol. The summed E-state index contributed by atoms with van der Waals surface area (Å²) in [6.07, 6.45) is -6.93. The molecule has 0 fully saturated rings. The van der Waals surface area contributed by atoms with E-state index < -0.39 is 80.0 Å². The monoisotopic (exact) mass is 580 g/mol. The van der Waals surface area contributed by atoms with Crippen molar-refractivity contribution in [3.8, 4) is 18.2 Å². The second kappa shape index (κ2) is 11.3. The molecule has 2 aliphatic carbocycles. The number of nitriles is 3. The normalized spacial score (nSPS) is 15.5. The van der Waals surface area contributed by atoms with E-state index in [1.807, 2.05) is 6.07 Å². The van der Waals surface area contributed by atoms with Crippen LogP contribution in [0.5, 0.6) is 0 Å². The van der Waals surface area contributed by atoms with Crippen molar-refractivity contribution >= 4 is 33.6 Å². The van der Waals surface area contributed by atoms with Gasteiger partial charge in [-0.25, -0.2) is 42.6 Å². The van der Waals surface area contributed by atoms with Gasteiger partial charge in [-0.3, -0.25) is 0 Å². The molecule has 10 heteroatoms. The maximum Gasteiger partial charge on any atom is 0.270 e. The van der Waals surface area contributed by atoms with Gasteiger partial charge in [-0.1, -0.05) is 60.7 Å². The molecular weight excluding hydrogens is 568 g/mol. The fourth-order valence-corrected chi connectivity index (χ4v) is 5.74. The summed E-state index contributed by atoms with van der Waals surface area (Å²) in [5.41, 5.74) is -7.69. The fourth-order valence-electron chi connectivity index (χ4n) is 5.74. The second-order valence-electron chi connectivity index (χ2n) is 9.25. The van der Waals surface area contributed by atoms with Gasteiger partial charge in [0.1, 0.15) is 6.07 Å². The smallest absolute Gasteiger partial charge is 0.237 e. The molecular formula is C34H12F4N6. The lowest BCUT2D eigenvalue weighted by Gasteiger charge is -2.22. The Bertz CT molecular complexity index is 1980. The van der Waals surface area contributed by atoms with Crippen molar-refractivity contribution in [3.05, 3.63) is 151 Å². The summed E-state index contributed by atoms with van der Waals surface area (Å²) >= 11 is 0. The van der Waals surface area contributed by atoms with Crippen LogP contribution in [0.25, 0.3) is 48.1 Å². The first-order valence-electron chi connectivity index (χ1n) is 12.5. The zero-order valence-corrected chi connectivity index (χ0v) is 22.1. The summed E-state index contributed by atoms with van der Waals surface area (Å²) in [5, 5.41) is 30.2. The average Bonchev–Trinajstić information content (AvgIpc) is 3.55. The highest BCUT2D eigenvalue weighted by Crippen LogP contribution is 2.61. The predicted molar refractivity (Wildman–Crippen MR) is 153 cm³/mol. The molecule has 0 saturated carbocycles. The molecule has 0 radical (unpaired) electrons. The molecule has 0 aromatic heterocycles. The van der Waals surface area contributed by atoms with Crippen LogP contribution in [0.2, 0.25) is 0 Å². The lowest BCUT2D eigenvalue weighted by atomic mass is 9.83. The van der Waals surface area contributed by atoms with Gasteiger partial charge in [0.05, 0.1) is 37.4 Å². The highest BCUT2D eigenvalue weighted by Gasteiger charge is 2.46. The van der Waals surface area contributed by atoms with Crippen LogP contribution < -0.4 is 0 Å². The molecule has 0 amide bonds. The van der Waals surface area contributed by atoms with E-state index in [0.29, 0.717) is 0 Å². The molecule has 0 atom stereocenters. The molecule has 3 aromatic carbocycles. The van der Waals surface area contributed by atoms with Gasteiger partial charge in [0.2, 0.25) is 5.70 Å². The Morgan fingerprint density at radius 1 is 0.614 bits per heavy atom. The number of hydrogen-bond acceptors (Lipinski definition) is 3. The SMILES string of the molecule is [C-]#[N+]C1=C(c2ccccc2)/C(=C(/C#N)[N+]#[C-])c2c1c(C(F)F)c1c(c2C(F)F)C(C#N)=C(c2ccccc2)/C1=C(\C#N)[N+]#[C-]. The topological polar surface area (TPSA) is 84.5 Å². The Morgan fingerprint density at radius 3 is 1.45 bits per heavy atom. The molecule has 206 valence electrons. The number of fused-ring (bicyclic) bond motifs is 2. The van der Waals surface area contributed by atoms with Gasteiger partial charge in [0, 0.05) is 22.3 Å². The quantitative estimate of drug-likeness (QED) is 0.175. The Balaban J connectivity index is 2.17. The van der Waals surface area contributed by atoms with Crippen molar-refractivity contribution in [1.82, 2.24) is 0 Å². The summed E-state index contributed by atoms with van der Waals surface area (Å²) < 4.78 is 61.6. The highest BCUT2D eigenvalue weighted by molar-refractivity contribution is 6.30. The third kappa shape index (κ3) is 4.04. The van der Waals surface area contributed by atoms with Crippen molar-refractivity contribution < 1.29 is 17.6 Å². The van der Waals surface area contributed by atoms with Crippen LogP contribution in [-0.2, 0) is 0 Å². The number of hydrogen-bond donors (Lipinski definition) is 0. The van der Waals surface area contributed by atoms with Crippen LogP contribution in [0, 0.1) is 53.7 Å². The first-order chi connectivity index (χ1) is 21.3. The minimum atomic E-state index is -3.47. The van der Waals surface area contributed by atoms with Crippen molar-refractivity contribution in [1.29, 1.82) is 15.8 Å². The maximum atomic E-state index is 15.4. The third-order valence-electron chi connectivity index (χ3n) is 7.24. The Kier molecular flexibility index (Phi) is 7.38. The number of halogens is 4. The van der Waals surface area contributed by atoms with Gasteiger partial charge in [-0.2, -0.15) is 5.26 Å². The molecule has 3 aromatic rings. The van der Waals surface area contributed by atoms with Crippen molar-refractivity contribution in [2.45, 2.75) is 12.9 Å². The molecule has 0 bridgehead atoms. The second-order valence-corrected chi connectivity index (χ2v) is 9.25. The molecule has 0 aliphatic heterocycles. The molecule has 0 spiro atoms. The Labute approximate surface area is 248 Å². The van der Waals surface area contributed by atoms with Crippen molar-refractivity contribution in [2.75, 3.05) is 0 Å². The lowest BCUT2D eigenvalue weighted by molar-refractivity contribution is 0.146. The zero-order chi connectivity index (χ0) is 31.7. The molecule has 44 heavy (non-hydrogen) atoms. The number of benzene rings is 3. The fraction of sp³-hybridized carbons (Fsp3) is 0.0588. The van der Waals surface area contributed by atoms with E-state index in [-0.39, 0.29) is 22.3 Å². The maximum absolute atomic E-state index is 15.4. The molecule has 5 rings (SSSR count). The van der Waals surface area contributed by atoms with E-state index in [1.165, 1.54) is 24.3 Å². The summed E-state index contributed by atoms with van der Waals surface area (Å²) in [6.45, 7) is 23.3. The predicted octanol–water partition coefficient (Wildman–Crippen LogP) is 9.12. The molecule has 2 aliphatic rings. The van der Waals surface area contributed by atoms with Gasteiger partial charge in [0.25, 0.3) is 24.2 Å². The van der Waals surface area contributed by atoms with E-state index >= 15 is 17.6 Å². The van der Waals surface area contributed by atoms with E-state index in [4.69, 9.17) is 19.7 Å². The van der Waals surface area contributed by atoms with E-state index in [9.17, 15) is 15.8 Å². The lowest BCUT2D eigenvalue weighted by Crippen LogP contribution is -2.09. The van der Waals surface area contributed by atoms with E-state index in [1.54, 1.807) is 48.5 Å². The zero-order valence-electron chi connectivity index (χ0n) is 22.1. The van der Waals surface area contributed by atoms with Crippen LogP contribution in [0.4, 0.5) is 17.6 Å². The van der Waals surface area contributed by atoms with Crippen molar-refractivity contribution in [3.63, 3.8) is 0 Å². The molecule has 0 unspecified atom stereocenters. The van der Waals surface area contributed by atoms with Gasteiger partial charge < -0.3 is 0 Å². The highest BCUT2D eigenvalue weighted by atomic mass is 19.3. The summed E-state index contributed by atoms with van der Waals surface area (Å²) in [5.74, 6) is 0. The van der Waals surface area contributed by atoms with Crippen LogP contribution in [0.1, 0.15) is 57.4 Å². The van der Waals surface area contributed by atoms with E-state index in [2.05, 4.69) is 14.5 Å². The van der Waals surface area contributed by atoms with Crippen molar-refractivity contribution in [2.24, 2.45) is 0 Å². The first-order valence-corrected chi connectivity index (χ1v) is 12.5. The van der Waals surface area contributed by atoms with Gasteiger partial charge >= 0.3 is 0 Å². The largest absolute Gasteiger partial charge is 0.270 e. The standard InChI is InChI=1S/C34H12F4N6/c1-42-20(15-40)25-22(17-10-6-4-7-11-17)19(14-39)24-27(25)31(34(37)38)29-28(30(24)33(35)36)26(21(16-41)43-2)23(32(29)44-3)18-12-8-5-9-13-18/h4-13,33-34H/b25-20-,26-21+. The first kappa shape index (κ1) is 28.8. The minimum Gasteiger partial charge on any atom is -0.237 e. The summed E-state index contributed by atoms with van der Waals surface area (Å²) in [4.78, 5) is 9.87. The molecule has 0 heterocycles. The van der Waals surface area contributed by atoms with Crippen LogP contribution in [0.3, 0.4) is 0 Å². The van der Waals surface area contributed by atoms with Gasteiger partial charge in [0.15, 0.2) is 0 Å². The number of rotatable bonds is 4.